The third-order valence-corrected chi connectivity index (χ3v) is 3.20. The Morgan fingerprint density at radius 3 is 2.05 bits per heavy atom. The number of aromatic nitrogens is 2. The van der Waals surface area contributed by atoms with Crippen LogP contribution in [0.5, 0.6) is 17.2 Å². The minimum Gasteiger partial charge on any atom is -0.492 e. The van der Waals surface area contributed by atoms with Crippen LogP contribution in [0, 0.1) is 0 Å². The van der Waals surface area contributed by atoms with Crippen molar-refractivity contribution < 1.29 is 14.2 Å². The highest BCUT2D eigenvalue weighted by molar-refractivity contribution is 7.79. The standard InChI is InChI=1S/C14H16N2O3S/c1-17-11-9(8-20)7-10(12(18-2)13(11)19-3)14-15-5-4-6-16-14/h4-7,20H,8H2,1-3H3. The third-order valence-electron chi connectivity index (χ3n) is 2.86. The van der Waals surface area contributed by atoms with E-state index in [2.05, 4.69) is 22.6 Å². The predicted octanol–water partition coefficient (Wildman–Crippen LogP) is 2.60. The molecule has 1 heterocycles. The molecule has 5 nitrogen and oxygen atoms in total. The Labute approximate surface area is 123 Å². The van der Waals surface area contributed by atoms with Crippen molar-refractivity contribution in [1.82, 2.24) is 9.97 Å². The number of rotatable bonds is 5. The van der Waals surface area contributed by atoms with Gasteiger partial charge in [0.2, 0.25) is 5.75 Å². The fourth-order valence-electron chi connectivity index (χ4n) is 2.01. The molecule has 0 fully saturated rings. The fourth-order valence-corrected chi connectivity index (χ4v) is 2.25. The number of benzene rings is 1. The van der Waals surface area contributed by atoms with E-state index in [1.807, 2.05) is 6.07 Å². The molecule has 0 N–H and O–H groups in total. The molecule has 0 bridgehead atoms. The van der Waals surface area contributed by atoms with E-state index in [0.29, 0.717) is 28.8 Å². The molecular formula is C14H16N2O3S. The molecule has 6 heteroatoms. The molecule has 1 aromatic carbocycles. The summed E-state index contributed by atoms with van der Waals surface area (Å²) in [6, 6.07) is 3.67. The van der Waals surface area contributed by atoms with E-state index in [-0.39, 0.29) is 0 Å². The average Bonchev–Trinajstić information content (AvgIpc) is 2.53. The van der Waals surface area contributed by atoms with Gasteiger partial charge in [-0.25, -0.2) is 9.97 Å². The molecule has 1 aromatic heterocycles. The number of nitrogens with zero attached hydrogens (tertiary/aromatic N) is 2. The smallest absolute Gasteiger partial charge is 0.204 e. The minimum absolute atomic E-state index is 0.503. The second kappa shape index (κ2) is 6.47. The van der Waals surface area contributed by atoms with Crippen LogP contribution in [0.25, 0.3) is 11.4 Å². The van der Waals surface area contributed by atoms with Crippen LogP contribution in [0.4, 0.5) is 0 Å². The van der Waals surface area contributed by atoms with Crippen LogP contribution < -0.4 is 14.2 Å². The van der Waals surface area contributed by atoms with Gasteiger partial charge in [-0.1, -0.05) is 0 Å². The first-order valence-electron chi connectivity index (χ1n) is 5.96. The van der Waals surface area contributed by atoms with Gasteiger partial charge in [0.1, 0.15) is 0 Å². The van der Waals surface area contributed by atoms with Gasteiger partial charge in [-0.15, -0.1) is 0 Å². The number of hydrogen-bond acceptors (Lipinski definition) is 6. The van der Waals surface area contributed by atoms with E-state index in [9.17, 15) is 0 Å². The van der Waals surface area contributed by atoms with Crippen molar-refractivity contribution in [3.63, 3.8) is 0 Å². The summed E-state index contributed by atoms with van der Waals surface area (Å²) in [4.78, 5) is 8.50. The molecular weight excluding hydrogens is 276 g/mol. The summed E-state index contributed by atoms with van der Waals surface area (Å²) in [5.74, 6) is 2.74. The second-order valence-electron chi connectivity index (χ2n) is 3.91. The summed E-state index contributed by atoms with van der Waals surface area (Å²) in [6.07, 6.45) is 3.36. The highest BCUT2D eigenvalue weighted by Gasteiger charge is 2.22. The summed E-state index contributed by atoms with van der Waals surface area (Å²) in [5, 5.41) is 0. The molecule has 0 amide bonds. The van der Waals surface area contributed by atoms with Crippen molar-refractivity contribution >= 4 is 12.6 Å². The SMILES string of the molecule is COc1c(CS)cc(-c2ncccn2)c(OC)c1OC. The molecule has 106 valence electrons. The molecule has 0 saturated heterocycles. The van der Waals surface area contributed by atoms with Crippen LogP contribution >= 0.6 is 12.6 Å². The maximum atomic E-state index is 5.45. The lowest BCUT2D eigenvalue weighted by molar-refractivity contribution is 0.323. The average molecular weight is 292 g/mol. The van der Waals surface area contributed by atoms with Crippen LogP contribution in [0.1, 0.15) is 5.56 Å². The normalized spacial score (nSPS) is 10.2. The fraction of sp³-hybridized carbons (Fsp3) is 0.286. The quantitative estimate of drug-likeness (QED) is 0.859. The van der Waals surface area contributed by atoms with Gasteiger partial charge in [-0.05, 0) is 12.1 Å². The molecule has 0 aliphatic heterocycles. The molecule has 0 atom stereocenters. The molecule has 2 rings (SSSR count). The van der Waals surface area contributed by atoms with Gasteiger partial charge >= 0.3 is 0 Å². The van der Waals surface area contributed by atoms with Gasteiger partial charge in [-0.2, -0.15) is 12.6 Å². The Bertz CT molecular complexity index is 591. The maximum Gasteiger partial charge on any atom is 0.204 e. The van der Waals surface area contributed by atoms with Crippen molar-refractivity contribution in [1.29, 1.82) is 0 Å². The van der Waals surface area contributed by atoms with E-state index in [0.717, 1.165) is 11.1 Å². The Morgan fingerprint density at radius 1 is 0.950 bits per heavy atom. The van der Waals surface area contributed by atoms with Crippen LogP contribution in [0.2, 0.25) is 0 Å². The van der Waals surface area contributed by atoms with E-state index in [4.69, 9.17) is 14.2 Å². The highest BCUT2D eigenvalue weighted by Crippen LogP contribution is 2.46. The Hall–Kier alpha value is -1.95. The number of ether oxygens (including phenoxy) is 3. The third kappa shape index (κ3) is 2.51. The topological polar surface area (TPSA) is 53.5 Å². The van der Waals surface area contributed by atoms with E-state index in [1.54, 1.807) is 39.8 Å². The Balaban J connectivity index is 2.74. The van der Waals surface area contributed by atoms with Crippen LogP contribution in [-0.2, 0) is 5.75 Å². The van der Waals surface area contributed by atoms with Crippen LogP contribution in [0.15, 0.2) is 24.5 Å². The summed E-state index contributed by atoms with van der Waals surface area (Å²) in [5.41, 5.74) is 1.63. The van der Waals surface area contributed by atoms with E-state index < -0.39 is 0 Å². The molecule has 20 heavy (non-hydrogen) atoms. The first-order valence-corrected chi connectivity index (χ1v) is 6.60. The molecule has 2 aromatic rings. The first kappa shape index (κ1) is 14.5. The molecule has 0 saturated carbocycles. The lowest BCUT2D eigenvalue weighted by Gasteiger charge is -2.18. The zero-order valence-electron chi connectivity index (χ0n) is 11.6. The first-order chi connectivity index (χ1) is 9.76. The van der Waals surface area contributed by atoms with Crippen molar-refractivity contribution in [2.75, 3.05) is 21.3 Å². The van der Waals surface area contributed by atoms with Crippen LogP contribution in [0.3, 0.4) is 0 Å². The van der Waals surface area contributed by atoms with Crippen molar-refractivity contribution in [3.05, 3.63) is 30.1 Å². The molecule has 0 aliphatic carbocycles. The van der Waals surface area contributed by atoms with Crippen molar-refractivity contribution in [2.24, 2.45) is 0 Å². The van der Waals surface area contributed by atoms with Gasteiger partial charge in [0, 0.05) is 23.7 Å². The minimum atomic E-state index is 0.503. The summed E-state index contributed by atoms with van der Waals surface area (Å²) in [6.45, 7) is 0. The monoisotopic (exact) mass is 292 g/mol. The highest BCUT2D eigenvalue weighted by atomic mass is 32.1. The molecule has 0 aliphatic rings. The molecule has 0 radical (unpaired) electrons. The van der Waals surface area contributed by atoms with Gasteiger partial charge in [0.05, 0.1) is 26.9 Å². The molecule has 0 unspecified atom stereocenters. The van der Waals surface area contributed by atoms with Gasteiger partial charge in [0.25, 0.3) is 0 Å². The summed E-state index contributed by atoms with van der Waals surface area (Å²) in [7, 11) is 4.73. The van der Waals surface area contributed by atoms with E-state index >= 15 is 0 Å². The number of thiol groups is 1. The predicted molar refractivity (Wildman–Crippen MR) is 79.8 cm³/mol. The number of hydrogen-bond donors (Lipinski definition) is 1. The lowest BCUT2D eigenvalue weighted by atomic mass is 10.1. The van der Waals surface area contributed by atoms with E-state index in [1.165, 1.54) is 0 Å². The Morgan fingerprint density at radius 2 is 1.55 bits per heavy atom. The zero-order valence-corrected chi connectivity index (χ0v) is 12.5. The van der Waals surface area contributed by atoms with Crippen molar-refractivity contribution in [3.8, 4) is 28.6 Å². The van der Waals surface area contributed by atoms with Gasteiger partial charge in [-0.3, -0.25) is 0 Å². The number of methoxy groups -OCH3 is 3. The summed E-state index contributed by atoms with van der Waals surface area (Å²) >= 11 is 4.33. The van der Waals surface area contributed by atoms with Gasteiger partial charge in [0.15, 0.2) is 17.3 Å². The maximum absolute atomic E-state index is 5.45. The Kier molecular flexibility index (Phi) is 4.68. The summed E-state index contributed by atoms with van der Waals surface area (Å²) < 4.78 is 16.3. The second-order valence-corrected chi connectivity index (χ2v) is 4.23. The zero-order chi connectivity index (χ0) is 14.5. The van der Waals surface area contributed by atoms with Crippen molar-refractivity contribution in [2.45, 2.75) is 5.75 Å². The lowest BCUT2D eigenvalue weighted by Crippen LogP contribution is -2.01. The van der Waals surface area contributed by atoms with Crippen LogP contribution in [-0.4, -0.2) is 31.3 Å². The van der Waals surface area contributed by atoms with Gasteiger partial charge < -0.3 is 14.2 Å². The largest absolute Gasteiger partial charge is 0.492 e. The molecule has 0 spiro atoms.